The fraction of sp³-hybridized carbons (Fsp3) is 0.458. The van der Waals surface area contributed by atoms with Crippen LogP contribution in [0.1, 0.15) is 50.3 Å². The van der Waals surface area contributed by atoms with Gasteiger partial charge in [-0.25, -0.2) is 4.79 Å². The third-order valence-corrected chi connectivity index (χ3v) is 7.34. The Morgan fingerprint density at radius 2 is 1.82 bits per heavy atom. The number of alkyl halides is 3. The van der Waals surface area contributed by atoms with Gasteiger partial charge in [0.05, 0.1) is 5.56 Å². The molecule has 2 aromatic carbocycles. The molecule has 0 atom stereocenters. The van der Waals surface area contributed by atoms with Gasteiger partial charge in [-0.15, -0.1) is 0 Å². The van der Waals surface area contributed by atoms with Gasteiger partial charge in [-0.05, 0) is 69.0 Å². The summed E-state index contributed by atoms with van der Waals surface area (Å²) in [5, 5.41) is 3.37. The van der Waals surface area contributed by atoms with Crippen LogP contribution in [0.5, 0.6) is 0 Å². The van der Waals surface area contributed by atoms with Crippen LogP contribution in [0.25, 0.3) is 0 Å². The van der Waals surface area contributed by atoms with Crippen molar-refractivity contribution in [1.82, 2.24) is 4.90 Å². The normalized spacial score (nSPS) is 16.8. The zero-order valence-corrected chi connectivity index (χ0v) is 21.1. The summed E-state index contributed by atoms with van der Waals surface area (Å²) in [6.45, 7) is 6.47. The molecule has 1 N–H and O–H groups in total. The van der Waals surface area contributed by atoms with E-state index < -0.39 is 17.3 Å². The third kappa shape index (κ3) is 5.80. The zero-order chi connectivity index (χ0) is 24.0. The number of likely N-dealkylation sites (tertiary alicyclic amines) is 1. The van der Waals surface area contributed by atoms with E-state index in [0.717, 1.165) is 20.5 Å². The van der Waals surface area contributed by atoms with E-state index in [9.17, 15) is 18.0 Å². The summed E-state index contributed by atoms with van der Waals surface area (Å²) in [4.78, 5) is 15.6. The highest BCUT2D eigenvalue weighted by Gasteiger charge is 2.34. The van der Waals surface area contributed by atoms with Gasteiger partial charge in [0.2, 0.25) is 0 Å². The molecule has 2 aliphatic rings. The van der Waals surface area contributed by atoms with Crippen molar-refractivity contribution in [3.05, 3.63) is 51.5 Å². The van der Waals surface area contributed by atoms with Crippen LogP contribution in [-0.4, -0.2) is 35.7 Å². The standard InChI is InChI=1S/C24H26BrF3N2O2S/c1-23(2,3)32-22(31)30-8-6-17(7-9-30)29-19-11-15(24(26,27)28)12-21-18(19)10-14-4-5-16(25)13-20(14)33-21/h4-5,11-13,17,29H,6-10H2,1-3H3. The van der Waals surface area contributed by atoms with Gasteiger partial charge in [0.15, 0.2) is 0 Å². The topological polar surface area (TPSA) is 41.6 Å². The number of hydrogen-bond acceptors (Lipinski definition) is 4. The lowest BCUT2D eigenvalue weighted by Gasteiger charge is -2.35. The first-order valence-electron chi connectivity index (χ1n) is 10.8. The number of piperidine rings is 1. The molecule has 0 spiro atoms. The fourth-order valence-corrected chi connectivity index (χ4v) is 5.74. The number of benzene rings is 2. The first-order chi connectivity index (χ1) is 15.4. The molecule has 4 rings (SSSR count). The first kappa shape index (κ1) is 24.3. The van der Waals surface area contributed by atoms with Crippen LogP contribution in [0.4, 0.5) is 23.7 Å². The van der Waals surface area contributed by atoms with Crippen LogP contribution >= 0.6 is 27.7 Å². The Labute approximate surface area is 204 Å². The molecule has 1 fully saturated rings. The van der Waals surface area contributed by atoms with Gasteiger partial charge in [0.1, 0.15) is 5.60 Å². The average Bonchev–Trinajstić information content (AvgIpc) is 2.71. The van der Waals surface area contributed by atoms with E-state index in [1.165, 1.54) is 23.9 Å². The summed E-state index contributed by atoms with van der Waals surface area (Å²) in [5.41, 5.74) is 1.29. The SMILES string of the molecule is CC(C)(C)OC(=O)N1CCC(Nc2cc(C(F)(F)F)cc3c2Cc2ccc(Br)cc2S3)CC1. The Morgan fingerprint density at radius 1 is 1.12 bits per heavy atom. The van der Waals surface area contributed by atoms with Gasteiger partial charge in [-0.2, -0.15) is 13.2 Å². The van der Waals surface area contributed by atoms with Gasteiger partial charge in [-0.1, -0.05) is 33.8 Å². The Hall–Kier alpha value is -1.87. The number of anilines is 1. The van der Waals surface area contributed by atoms with E-state index in [1.54, 1.807) is 4.90 Å². The smallest absolute Gasteiger partial charge is 0.416 e. The third-order valence-electron chi connectivity index (χ3n) is 5.66. The van der Waals surface area contributed by atoms with Gasteiger partial charge >= 0.3 is 12.3 Å². The van der Waals surface area contributed by atoms with Crippen molar-refractivity contribution in [2.75, 3.05) is 18.4 Å². The van der Waals surface area contributed by atoms with E-state index in [1.807, 2.05) is 39.0 Å². The molecule has 2 heterocycles. The highest BCUT2D eigenvalue weighted by Crippen LogP contribution is 2.46. The summed E-state index contributed by atoms with van der Waals surface area (Å²) in [5.74, 6) is 0. The number of halogens is 4. The van der Waals surface area contributed by atoms with E-state index >= 15 is 0 Å². The predicted octanol–water partition coefficient (Wildman–Crippen LogP) is 7.33. The van der Waals surface area contributed by atoms with Crippen molar-refractivity contribution in [1.29, 1.82) is 0 Å². The second-order valence-electron chi connectivity index (χ2n) is 9.42. The van der Waals surface area contributed by atoms with Crippen molar-refractivity contribution in [2.45, 2.75) is 67.6 Å². The van der Waals surface area contributed by atoms with Crippen molar-refractivity contribution in [3.63, 3.8) is 0 Å². The summed E-state index contributed by atoms with van der Waals surface area (Å²) >= 11 is 4.82. The fourth-order valence-electron chi connectivity index (χ4n) is 4.04. The van der Waals surface area contributed by atoms with Crippen molar-refractivity contribution < 1.29 is 22.7 Å². The summed E-state index contributed by atoms with van der Waals surface area (Å²) in [7, 11) is 0. The first-order valence-corrected chi connectivity index (χ1v) is 12.4. The van der Waals surface area contributed by atoms with Crippen LogP contribution in [0, 0.1) is 0 Å². The van der Waals surface area contributed by atoms with Crippen LogP contribution in [0.3, 0.4) is 0 Å². The molecule has 0 unspecified atom stereocenters. The maximum absolute atomic E-state index is 13.6. The molecule has 2 aliphatic heterocycles. The number of nitrogens with zero attached hydrogens (tertiary/aromatic N) is 1. The van der Waals surface area contributed by atoms with Crippen LogP contribution in [0.15, 0.2) is 44.6 Å². The minimum Gasteiger partial charge on any atom is -0.444 e. The lowest BCUT2D eigenvalue weighted by atomic mass is 9.98. The number of carbonyl (C=O) groups is 1. The largest absolute Gasteiger partial charge is 0.444 e. The second-order valence-corrected chi connectivity index (χ2v) is 11.4. The van der Waals surface area contributed by atoms with Gasteiger partial charge in [0, 0.05) is 45.5 Å². The Balaban J connectivity index is 1.54. The van der Waals surface area contributed by atoms with Crippen molar-refractivity contribution in [2.24, 2.45) is 0 Å². The number of rotatable bonds is 2. The molecule has 178 valence electrons. The van der Waals surface area contributed by atoms with E-state index in [4.69, 9.17) is 4.74 Å². The monoisotopic (exact) mass is 542 g/mol. The predicted molar refractivity (Wildman–Crippen MR) is 127 cm³/mol. The Bertz CT molecular complexity index is 1060. The maximum atomic E-state index is 13.6. The number of fused-ring (bicyclic) bond motifs is 2. The van der Waals surface area contributed by atoms with Crippen LogP contribution in [0.2, 0.25) is 0 Å². The summed E-state index contributed by atoms with van der Waals surface area (Å²) in [6, 6.07) is 8.36. The van der Waals surface area contributed by atoms with Gasteiger partial charge < -0.3 is 15.0 Å². The van der Waals surface area contributed by atoms with Crippen molar-refractivity contribution in [3.8, 4) is 0 Å². The molecule has 9 heteroatoms. The highest BCUT2D eigenvalue weighted by atomic mass is 79.9. The molecule has 0 radical (unpaired) electrons. The molecule has 1 saturated heterocycles. The molecule has 0 bridgehead atoms. The number of ether oxygens (including phenoxy) is 1. The van der Waals surface area contributed by atoms with Crippen molar-refractivity contribution >= 4 is 39.5 Å². The quantitative estimate of drug-likeness (QED) is 0.368. The second kappa shape index (κ2) is 9.06. The lowest BCUT2D eigenvalue weighted by molar-refractivity contribution is -0.137. The van der Waals surface area contributed by atoms with Crippen LogP contribution in [-0.2, 0) is 17.3 Å². The molecule has 0 aromatic heterocycles. The van der Waals surface area contributed by atoms with E-state index in [0.29, 0.717) is 42.9 Å². The van der Waals surface area contributed by atoms with Gasteiger partial charge in [0.25, 0.3) is 0 Å². The molecular formula is C24H26BrF3N2O2S. The summed E-state index contributed by atoms with van der Waals surface area (Å²) in [6.07, 6.45) is -2.93. The maximum Gasteiger partial charge on any atom is 0.416 e. The van der Waals surface area contributed by atoms with Gasteiger partial charge in [-0.3, -0.25) is 0 Å². The Morgan fingerprint density at radius 3 is 2.45 bits per heavy atom. The van der Waals surface area contributed by atoms with E-state index in [2.05, 4.69) is 21.2 Å². The molecular weight excluding hydrogens is 517 g/mol. The zero-order valence-electron chi connectivity index (χ0n) is 18.7. The average molecular weight is 543 g/mol. The molecule has 4 nitrogen and oxygen atoms in total. The lowest BCUT2D eigenvalue weighted by Crippen LogP contribution is -2.44. The number of amides is 1. The minimum absolute atomic E-state index is 0.0208. The van der Waals surface area contributed by atoms with E-state index in [-0.39, 0.29) is 12.1 Å². The molecule has 33 heavy (non-hydrogen) atoms. The number of carbonyl (C=O) groups excluding carboxylic acids is 1. The molecule has 2 aromatic rings. The van der Waals surface area contributed by atoms with Crippen LogP contribution < -0.4 is 5.32 Å². The molecule has 0 aliphatic carbocycles. The molecule has 1 amide bonds. The minimum atomic E-state index is -4.43. The number of hydrogen-bond donors (Lipinski definition) is 1. The summed E-state index contributed by atoms with van der Waals surface area (Å²) < 4.78 is 47.3. The number of nitrogens with one attached hydrogen (secondary N) is 1. The Kier molecular flexibility index (Phi) is 6.66. The highest BCUT2D eigenvalue weighted by molar-refractivity contribution is 9.10. The molecule has 0 saturated carbocycles.